The van der Waals surface area contributed by atoms with Crippen LogP contribution in [0.5, 0.6) is 11.5 Å². The Morgan fingerprint density at radius 2 is 1.70 bits per heavy atom. The van der Waals surface area contributed by atoms with E-state index >= 15 is 0 Å². The standard InChI is InChI=1S/C17H21NO4S/c1-5-22-16-9-7-6-8-14(16)18-23(19,20)17-11-10-15(21-4)12(2)13(17)3/h6-11,18H,5H2,1-4H3. The summed E-state index contributed by atoms with van der Waals surface area (Å²) in [5, 5.41) is 0. The average molecular weight is 335 g/mol. The zero-order valence-corrected chi connectivity index (χ0v) is 14.5. The van der Waals surface area contributed by atoms with Gasteiger partial charge in [-0.15, -0.1) is 0 Å². The lowest BCUT2D eigenvalue weighted by molar-refractivity contribution is 0.342. The van der Waals surface area contributed by atoms with Crippen molar-refractivity contribution < 1.29 is 17.9 Å². The summed E-state index contributed by atoms with van der Waals surface area (Å²) in [4.78, 5) is 0.224. The minimum absolute atomic E-state index is 0.224. The highest BCUT2D eigenvalue weighted by atomic mass is 32.2. The Labute approximate surface area is 137 Å². The minimum atomic E-state index is -3.72. The van der Waals surface area contributed by atoms with E-state index in [1.807, 2.05) is 13.8 Å². The molecule has 0 aromatic heterocycles. The van der Waals surface area contributed by atoms with Gasteiger partial charge in [0.1, 0.15) is 11.5 Å². The van der Waals surface area contributed by atoms with Crippen molar-refractivity contribution in [3.05, 3.63) is 47.5 Å². The second kappa shape index (κ2) is 6.91. The largest absolute Gasteiger partial charge is 0.496 e. The van der Waals surface area contributed by atoms with E-state index in [1.165, 1.54) is 0 Å². The highest BCUT2D eigenvalue weighted by Crippen LogP contribution is 2.30. The number of anilines is 1. The second-order valence-electron chi connectivity index (χ2n) is 5.05. The number of hydrogen-bond donors (Lipinski definition) is 1. The van der Waals surface area contributed by atoms with Gasteiger partial charge < -0.3 is 9.47 Å². The summed E-state index contributed by atoms with van der Waals surface area (Å²) in [6, 6.07) is 10.2. The van der Waals surface area contributed by atoms with Crippen LogP contribution in [-0.2, 0) is 10.0 Å². The van der Waals surface area contributed by atoms with Crippen LogP contribution in [0.25, 0.3) is 0 Å². The lowest BCUT2D eigenvalue weighted by Crippen LogP contribution is -2.15. The van der Waals surface area contributed by atoms with E-state index in [1.54, 1.807) is 50.4 Å². The molecule has 0 bridgehead atoms. The SMILES string of the molecule is CCOc1ccccc1NS(=O)(=O)c1ccc(OC)c(C)c1C. The number of sulfonamides is 1. The van der Waals surface area contributed by atoms with Crippen molar-refractivity contribution in [2.75, 3.05) is 18.4 Å². The zero-order chi connectivity index (χ0) is 17.0. The third-order valence-corrected chi connectivity index (χ3v) is 5.14. The molecule has 23 heavy (non-hydrogen) atoms. The first kappa shape index (κ1) is 17.1. The van der Waals surface area contributed by atoms with E-state index in [0.29, 0.717) is 29.4 Å². The van der Waals surface area contributed by atoms with E-state index in [4.69, 9.17) is 9.47 Å². The first-order valence-corrected chi connectivity index (χ1v) is 8.78. The average Bonchev–Trinajstić information content (AvgIpc) is 2.51. The second-order valence-corrected chi connectivity index (χ2v) is 6.70. The molecule has 0 aliphatic carbocycles. The lowest BCUT2D eigenvalue weighted by Gasteiger charge is -2.16. The highest BCUT2D eigenvalue weighted by Gasteiger charge is 2.21. The van der Waals surface area contributed by atoms with Gasteiger partial charge >= 0.3 is 0 Å². The third kappa shape index (κ3) is 3.59. The molecule has 2 aromatic rings. The molecule has 6 heteroatoms. The van der Waals surface area contributed by atoms with Crippen LogP contribution in [0.15, 0.2) is 41.3 Å². The Kier molecular flexibility index (Phi) is 5.15. The molecule has 0 spiro atoms. The summed E-state index contributed by atoms with van der Waals surface area (Å²) >= 11 is 0. The van der Waals surface area contributed by atoms with Gasteiger partial charge in [0.2, 0.25) is 0 Å². The molecule has 0 aliphatic rings. The van der Waals surface area contributed by atoms with Crippen molar-refractivity contribution in [1.82, 2.24) is 0 Å². The molecular formula is C17H21NO4S. The molecule has 1 N–H and O–H groups in total. The first-order valence-electron chi connectivity index (χ1n) is 7.29. The van der Waals surface area contributed by atoms with Crippen molar-refractivity contribution in [3.8, 4) is 11.5 Å². The predicted octanol–water partition coefficient (Wildman–Crippen LogP) is 3.51. The molecule has 0 unspecified atom stereocenters. The van der Waals surface area contributed by atoms with Crippen LogP contribution in [0, 0.1) is 13.8 Å². The van der Waals surface area contributed by atoms with Crippen LogP contribution in [0.4, 0.5) is 5.69 Å². The molecule has 0 fully saturated rings. The summed E-state index contributed by atoms with van der Waals surface area (Å²) in [6.45, 7) is 5.91. The van der Waals surface area contributed by atoms with Crippen molar-refractivity contribution >= 4 is 15.7 Å². The molecule has 124 valence electrons. The maximum absolute atomic E-state index is 12.7. The monoisotopic (exact) mass is 335 g/mol. The Morgan fingerprint density at radius 3 is 2.35 bits per heavy atom. The first-order chi connectivity index (χ1) is 10.9. The van der Waals surface area contributed by atoms with Crippen LogP contribution in [0.1, 0.15) is 18.1 Å². The topological polar surface area (TPSA) is 64.6 Å². The fourth-order valence-corrected chi connectivity index (χ4v) is 3.69. The van der Waals surface area contributed by atoms with Gasteiger partial charge in [-0.05, 0) is 56.2 Å². The maximum Gasteiger partial charge on any atom is 0.262 e. The van der Waals surface area contributed by atoms with E-state index < -0.39 is 10.0 Å². The number of methoxy groups -OCH3 is 1. The number of benzene rings is 2. The van der Waals surface area contributed by atoms with Crippen molar-refractivity contribution in [3.63, 3.8) is 0 Å². The molecule has 0 atom stereocenters. The van der Waals surface area contributed by atoms with Crippen LogP contribution in [0.2, 0.25) is 0 Å². The van der Waals surface area contributed by atoms with Gasteiger partial charge in [0.15, 0.2) is 0 Å². The third-order valence-electron chi connectivity index (χ3n) is 3.63. The fraction of sp³-hybridized carbons (Fsp3) is 0.294. The number of rotatable bonds is 6. The van der Waals surface area contributed by atoms with Gasteiger partial charge in [0.25, 0.3) is 10.0 Å². The summed E-state index contributed by atoms with van der Waals surface area (Å²) in [5.74, 6) is 1.16. The number of para-hydroxylation sites is 2. The van der Waals surface area contributed by atoms with E-state index in [0.717, 1.165) is 5.56 Å². The molecule has 0 saturated carbocycles. The van der Waals surface area contributed by atoms with Gasteiger partial charge in [-0.25, -0.2) is 8.42 Å². The Bertz CT molecular complexity index is 800. The van der Waals surface area contributed by atoms with Crippen LogP contribution in [-0.4, -0.2) is 22.1 Å². The molecule has 2 rings (SSSR count). The van der Waals surface area contributed by atoms with Gasteiger partial charge in [-0.3, -0.25) is 4.72 Å². The Balaban J connectivity index is 2.43. The van der Waals surface area contributed by atoms with Crippen molar-refractivity contribution in [1.29, 1.82) is 0 Å². The van der Waals surface area contributed by atoms with Gasteiger partial charge in [0, 0.05) is 0 Å². The maximum atomic E-state index is 12.7. The molecule has 0 radical (unpaired) electrons. The molecule has 0 heterocycles. The Morgan fingerprint density at radius 1 is 1.00 bits per heavy atom. The lowest BCUT2D eigenvalue weighted by atomic mass is 10.1. The van der Waals surface area contributed by atoms with Crippen LogP contribution >= 0.6 is 0 Å². The highest BCUT2D eigenvalue weighted by molar-refractivity contribution is 7.92. The predicted molar refractivity (Wildman–Crippen MR) is 90.9 cm³/mol. The number of nitrogens with one attached hydrogen (secondary N) is 1. The summed E-state index contributed by atoms with van der Waals surface area (Å²) in [6.07, 6.45) is 0. The fourth-order valence-electron chi connectivity index (χ4n) is 2.32. The van der Waals surface area contributed by atoms with Crippen molar-refractivity contribution in [2.24, 2.45) is 0 Å². The van der Waals surface area contributed by atoms with Gasteiger partial charge in [-0.1, -0.05) is 12.1 Å². The molecule has 0 aliphatic heterocycles. The summed E-state index contributed by atoms with van der Waals surface area (Å²) < 4.78 is 38.7. The van der Waals surface area contributed by atoms with Gasteiger partial charge in [0.05, 0.1) is 24.3 Å². The smallest absolute Gasteiger partial charge is 0.262 e. The molecule has 0 saturated heterocycles. The Hall–Kier alpha value is -2.21. The number of hydrogen-bond acceptors (Lipinski definition) is 4. The van der Waals surface area contributed by atoms with Gasteiger partial charge in [-0.2, -0.15) is 0 Å². The minimum Gasteiger partial charge on any atom is -0.496 e. The summed E-state index contributed by atoms with van der Waals surface area (Å²) in [7, 11) is -2.16. The number of ether oxygens (including phenoxy) is 2. The van der Waals surface area contributed by atoms with Crippen LogP contribution in [0.3, 0.4) is 0 Å². The molecule has 2 aromatic carbocycles. The van der Waals surface area contributed by atoms with E-state index in [2.05, 4.69) is 4.72 Å². The van der Waals surface area contributed by atoms with Crippen LogP contribution < -0.4 is 14.2 Å². The normalized spacial score (nSPS) is 11.1. The van der Waals surface area contributed by atoms with E-state index in [9.17, 15) is 8.42 Å². The molecule has 5 nitrogen and oxygen atoms in total. The quantitative estimate of drug-likeness (QED) is 0.877. The van der Waals surface area contributed by atoms with E-state index in [-0.39, 0.29) is 4.90 Å². The summed E-state index contributed by atoms with van der Waals surface area (Å²) in [5.41, 5.74) is 1.88. The zero-order valence-electron chi connectivity index (χ0n) is 13.7. The van der Waals surface area contributed by atoms with Crippen molar-refractivity contribution in [2.45, 2.75) is 25.7 Å². The molecule has 0 amide bonds. The molecular weight excluding hydrogens is 314 g/mol.